The largest absolute Gasteiger partial charge is 0.369 e. The van der Waals surface area contributed by atoms with E-state index in [0.717, 1.165) is 28.3 Å². The van der Waals surface area contributed by atoms with Crippen molar-refractivity contribution in [1.29, 1.82) is 0 Å². The Morgan fingerprint density at radius 1 is 1.44 bits per heavy atom. The summed E-state index contributed by atoms with van der Waals surface area (Å²) in [6.45, 7) is 6.52. The van der Waals surface area contributed by atoms with Gasteiger partial charge in [-0.1, -0.05) is 41.4 Å². The van der Waals surface area contributed by atoms with Gasteiger partial charge in [-0.2, -0.15) is 0 Å². The molecule has 0 amide bonds. The molecule has 0 radical (unpaired) electrons. The lowest BCUT2D eigenvalue weighted by Gasteiger charge is -2.36. The lowest BCUT2D eigenvalue weighted by Crippen LogP contribution is -2.48. The van der Waals surface area contributed by atoms with Crippen LogP contribution in [-0.2, 0) is 0 Å². The lowest BCUT2D eigenvalue weighted by atomic mass is 10.0. The Morgan fingerprint density at radius 3 is 2.94 bits per heavy atom. The molecule has 1 aromatic carbocycles. The Hall–Kier alpha value is -0.250. The van der Waals surface area contributed by atoms with E-state index in [2.05, 4.69) is 46.1 Å². The van der Waals surface area contributed by atoms with Gasteiger partial charge in [0.15, 0.2) is 0 Å². The number of nitrogens with zero attached hydrogens (tertiary/aromatic N) is 1. The molecule has 1 unspecified atom stereocenters. The maximum atomic E-state index is 6.30. The summed E-state index contributed by atoms with van der Waals surface area (Å²) in [7, 11) is 0. The zero-order valence-electron chi connectivity index (χ0n) is 10.9. The highest BCUT2D eigenvalue weighted by atomic mass is 79.9. The fourth-order valence-electron chi connectivity index (χ4n) is 2.53. The van der Waals surface area contributed by atoms with Crippen molar-refractivity contribution in [3.63, 3.8) is 0 Å². The Bertz CT molecular complexity index is 409. The van der Waals surface area contributed by atoms with Crippen molar-refractivity contribution >= 4 is 33.2 Å². The smallest absolute Gasteiger partial charge is 0.0640 e. The maximum Gasteiger partial charge on any atom is 0.0640 e. The molecule has 0 aromatic heterocycles. The van der Waals surface area contributed by atoms with Crippen LogP contribution >= 0.6 is 27.5 Å². The minimum Gasteiger partial charge on any atom is -0.369 e. The fraction of sp³-hybridized carbons (Fsp3) is 0.571. The van der Waals surface area contributed by atoms with Gasteiger partial charge in [-0.15, -0.1) is 0 Å². The molecule has 0 aliphatic carbocycles. The van der Waals surface area contributed by atoms with Crippen LogP contribution in [0.15, 0.2) is 22.7 Å². The topological polar surface area (TPSA) is 15.3 Å². The summed E-state index contributed by atoms with van der Waals surface area (Å²) < 4.78 is 1.08. The van der Waals surface area contributed by atoms with Gasteiger partial charge in [-0.05, 0) is 31.0 Å². The first-order valence-corrected chi connectivity index (χ1v) is 7.69. The average Bonchev–Trinajstić information content (AvgIpc) is 2.32. The molecule has 18 heavy (non-hydrogen) atoms. The molecule has 0 bridgehead atoms. The summed E-state index contributed by atoms with van der Waals surface area (Å²) in [5.74, 6) is 0. The van der Waals surface area contributed by atoms with E-state index < -0.39 is 0 Å². The van der Waals surface area contributed by atoms with Crippen molar-refractivity contribution in [2.75, 3.05) is 18.0 Å². The first-order valence-electron chi connectivity index (χ1n) is 6.52. The Labute approximate surface area is 123 Å². The number of benzene rings is 1. The molecule has 2 nitrogen and oxygen atoms in total. The number of rotatable bonds is 3. The fourth-order valence-corrected chi connectivity index (χ4v) is 3.12. The van der Waals surface area contributed by atoms with Crippen LogP contribution in [0.2, 0.25) is 5.02 Å². The highest BCUT2D eigenvalue weighted by molar-refractivity contribution is 9.10. The third-order valence-electron chi connectivity index (χ3n) is 3.24. The molecule has 1 aromatic rings. The Kier molecular flexibility index (Phi) is 4.93. The van der Waals surface area contributed by atoms with Gasteiger partial charge in [-0.25, -0.2) is 0 Å². The minimum absolute atomic E-state index is 0.535. The molecule has 1 aliphatic rings. The SMILES string of the molecule is CC(C)NC1CCCN(c2cc(Br)ccc2Cl)C1. The molecule has 1 aliphatic heterocycles. The first-order chi connectivity index (χ1) is 8.56. The van der Waals surface area contributed by atoms with E-state index in [1.54, 1.807) is 0 Å². The molecule has 1 saturated heterocycles. The average molecular weight is 332 g/mol. The van der Waals surface area contributed by atoms with Crippen LogP contribution in [-0.4, -0.2) is 25.2 Å². The normalized spacial score (nSPS) is 20.5. The van der Waals surface area contributed by atoms with Crippen LogP contribution in [0.4, 0.5) is 5.69 Å². The quantitative estimate of drug-likeness (QED) is 0.898. The van der Waals surface area contributed by atoms with E-state index in [4.69, 9.17) is 11.6 Å². The van der Waals surface area contributed by atoms with Crippen molar-refractivity contribution in [2.45, 2.75) is 38.8 Å². The van der Waals surface area contributed by atoms with Gasteiger partial charge in [0.2, 0.25) is 0 Å². The van der Waals surface area contributed by atoms with Crippen LogP contribution in [0.5, 0.6) is 0 Å². The van der Waals surface area contributed by atoms with Crippen molar-refractivity contribution in [1.82, 2.24) is 5.32 Å². The molecule has 100 valence electrons. The van der Waals surface area contributed by atoms with Crippen molar-refractivity contribution < 1.29 is 0 Å². The third kappa shape index (κ3) is 3.62. The Morgan fingerprint density at radius 2 is 2.22 bits per heavy atom. The van der Waals surface area contributed by atoms with Crippen LogP contribution in [0.1, 0.15) is 26.7 Å². The summed E-state index contributed by atoms with van der Waals surface area (Å²) >= 11 is 9.82. The first kappa shape index (κ1) is 14.2. The number of hydrogen-bond acceptors (Lipinski definition) is 2. The van der Waals surface area contributed by atoms with Gasteiger partial charge >= 0.3 is 0 Å². The molecule has 4 heteroatoms. The highest BCUT2D eigenvalue weighted by Crippen LogP contribution is 2.31. The van der Waals surface area contributed by atoms with E-state index >= 15 is 0 Å². The molecule has 0 spiro atoms. The standard InChI is InChI=1S/C14H20BrClN2/c1-10(2)17-12-4-3-7-18(9-12)14-8-11(15)5-6-13(14)16/h5-6,8,10,12,17H,3-4,7,9H2,1-2H3. The van der Waals surface area contributed by atoms with Gasteiger partial charge in [0, 0.05) is 29.6 Å². The van der Waals surface area contributed by atoms with Crippen LogP contribution < -0.4 is 10.2 Å². The van der Waals surface area contributed by atoms with Gasteiger partial charge in [-0.3, -0.25) is 0 Å². The monoisotopic (exact) mass is 330 g/mol. The predicted octanol–water partition coefficient (Wildman–Crippen LogP) is 4.07. The van der Waals surface area contributed by atoms with Gasteiger partial charge in [0.25, 0.3) is 0 Å². The summed E-state index contributed by atoms with van der Waals surface area (Å²) in [6.07, 6.45) is 2.47. The summed E-state index contributed by atoms with van der Waals surface area (Å²) in [5.41, 5.74) is 1.14. The number of piperidine rings is 1. The minimum atomic E-state index is 0.535. The second-order valence-electron chi connectivity index (χ2n) is 5.20. The number of hydrogen-bond donors (Lipinski definition) is 1. The number of halogens is 2. The number of anilines is 1. The van der Waals surface area contributed by atoms with E-state index in [1.807, 2.05) is 12.1 Å². The zero-order valence-corrected chi connectivity index (χ0v) is 13.3. The second kappa shape index (κ2) is 6.27. The molecule has 0 saturated carbocycles. The van der Waals surface area contributed by atoms with Crippen molar-refractivity contribution in [3.05, 3.63) is 27.7 Å². The van der Waals surface area contributed by atoms with E-state index in [1.165, 1.54) is 12.8 Å². The molecule has 1 N–H and O–H groups in total. The number of nitrogens with one attached hydrogen (secondary N) is 1. The van der Waals surface area contributed by atoms with Crippen LogP contribution in [0.3, 0.4) is 0 Å². The molecule has 1 heterocycles. The van der Waals surface area contributed by atoms with E-state index in [-0.39, 0.29) is 0 Å². The van der Waals surface area contributed by atoms with Crippen LogP contribution in [0.25, 0.3) is 0 Å². The molecule has 1 atom stereocenters. The lowest BCUT2D eigenvalue weighted by molar-refractivity contribution is 0.395. The van der Waals surface area contributed by atoms with Gasteiger partial charge < -0.3 is 10.2 Å². The Balaban J connectivity index is 2.10. The van der Waals surface area contributed by atoms with Gasteiger partial charge in [0.05, 0.1) is 10.7 Å². The summed E-state index contributed by atoms with van der Waals surface area (Å²) in [5, 5.41) is 4.46. The molecular weight excluding hydrogens is 312 g/mol. The van der Waals surface area contributed by atoms with Gasteiger partial charge in [0.1, 0.15) is 0 Å². The van der Waals surface area contributed by atoms with Crippen molar-refractivity contribution in [2.24, 2.45) is 0 Å². The maximum absolute atomic E-state index is 6.30. The third-order valence-corrected chi connectivity index (χ3v) is 4.05. The van der Waals surface area contributed by atoms with E-state index in [9.17, 15) is 0 Å². The highest BCUT2D eigenvalue weighted by Gasteiger charge is 2.21. The summed E-state index contributed by atoms with van der Waals surface area (Å²) in [4.78, 5) is 2.39. The van der Waals surface area contributed by atoms with E-state index in [0.29, 0.717) is 12.1 Å². The van der Waals surface area contributed by atoms with Crippen LogP contribution in [0, 0.1) is 0 Å². The second-order valence-corrected chi connectivity index (χ2v) is 6.53. The zero-order chi connectivity index (χ0) is 13.1. The van der Waals surface area contributed by atoms with Crippen molar-refractivity contribution in [3.8, 4) is 0 Å². The summed E-state index contributed by atoms with van der Waals surface area (Å²) in [6, 6.07) is 7.15. The predicted molar refractivity (Wildman–Crippen MR) is 82.7 cm³/mol. The molecular formula is C14H20BrClN2. The molecule has 1 fully saturated rings. The molecule has 2 rings (SSSR count).